The Morgan fingerprint density at radius 3 is 2.93 bits per heavy atom. The van der Waals surface area contributed by atoms with Gasteiger partial charge in [0, 0.05) is 6.54 Å². The Balaban J connectivity index is 3.00. The molecule has 0 atom stereocenters. The largest absolute Gasteiger partial charge is 0.326 e. The molecule has 0 aliphatic carbocycles. The van der Waals surface area contributed by atoms with Crippen LogP contribution in [0.4, 0.5) is 0 Å². The van der Waals surface area contributed by atoms with Crippen molar-refractivity contribution in [1.29, 1.82) is 5.26 Å². The molecule has 1 aromatic carbocycles. The van der Waals surface area contributed by atoms with Crippen LogP contribution in [0.25, 0.3) is 6.08 Å². The molecule has 1 aromatic rings. The van der Waals surface area contributed by atoms with Crippen molar-refractivity contribution < 1.29 is 4.79 Å². The molecule has 0 radical (unpaired) electrons. The highest BCUT2D eigenvalue weighted by molar-refractivity contribution is 6.05. The molecule has 0 aromatic heterocycles. The molecule has 0 spiro atoms. The van der Waals surface area contributed by atoms with E-state index in [9.17, 15) is 4.79 Å². The lowest BCUT2D eigenvalue weighted by atomic mass is 10.0. The fourth-order valence-electron chi connectivity index (χ4n) is 1.28. The van der Waals surface area contributed by atoms with Crippen molar-refractivity contribution in [2.24, 2.45) is 5.73 Å². The first-order valence-electron chi connectivity index (χ1n) is 4.59. The van der Waals surface area contributed by atoms with Gasteiger partial charge in [0.25, 0.3) is 5.78 Å². The Bertz CT molecular complexity index is 441. The normalized spacial score (nSPS) is 10.2. The summed E-state index contributed by atoms with van der Waals surface area (Å²) in [5.41, 5.74) is 8.55. The quantitative estimate of drug-likeness (QED) is 0.594. The molecule has 0 aliphatic heterocycles. The van der Waals surface area contributed by atoms with E-state index >= 15 is 0 Å². The van der Waals surface area contributed by atoms with Crippen molar-refractivity contribution in [1.82, 2.24) is 0 Å². The average Bonchev–Trinajstić information content (AvgIpc) is 2.26. The number of ketones is 1. The number of nitriles is 1. The maximum atomic E-state index is 10.8. The highest BCUT2D eigenvalue weighted by Gasteiger charge is 1.98. The van der Waals surface area contributed by atoms with Gasteiger partial charge in [-0.25, -0.2) is 0 Å². The number of carbonyl (C=O) groups excluding carboxylic acids is 1. The van der Waals surface area contributed by atoms with Crippen LogP contribution in [0.2, 0.25) is 0 Å². The van der Waals surface area contributed by atoms with Crippen molar-refractivity contribution in [2.75, 3.05) is 0 Å². The van der Waals surface area contributed by atoms with Crippen LogP contribution in [0, 0.1) is 18.3 Å². The van der Waals surface area contributed by atoms with Crippen LogP contribution in [0.3, 0.4) is 0 Å². The first-order valence-corrected chi connectivity index (χ1v) is 4.59. The van der Waals surface area contributed by atoms with Crippen LogP contribution in [0.1, 0.15) is 16.7 Å². The highest BCUT2D eigenvalue weighted by Crippen LogP contribution is 2.12. The fraction of sp³-hybridized carbons (Fsp3) is 0.167. The predicted molar refractivity (Wildman–Crippen MR) is 58.7 cm³/mol. The maximum Gasteiger partial charge on any atom is 0.255 e. The van der Waals surface area contributed by atoms with E-state index in [1.807, 2.05) is 25.1 Å². The Kier molecular flexibility index (Phi) is 3.78. The number of carbonyl (C=O) groups is 1. The monoisotopic (exact) mass is 200 g/mol. The number of nitrogens with zero attached hydrogens (tertiary/aromatic N) is 1. The van der Waals surface area contributed by atoms with E-state index in [0.29, 0.717) is 6.54 Å². The van der Waals surface area contributed by atoms with Gasteiger partial charge in [-0.3, -0.25) is 4.79 Å². The summed E-state index contributed by atoms with van der Waals surface area (Å²) >= 11 is 0. The molecule has 15 heavy (non-hydrogen) atoms. The van der Waals surface area contributed by atoms with E-state index < -0.39 is 5.78 Å². The number of allylic oxidation sites excluding steroid dienone is 1. The van der Waals surface area contributed by atoms with Crippen molar-refractivity contribution >= 4 is 11.9 Å². The summed E-state index contributed by atoms with van der Waals surface area (Å²) in [5.74, 6) is -0.557. The van der Waals surface area contributed by atoms with E-state index in [-0.39, 0.29) is 0 Å². The van der Waals surface area contributed by atoms with Crippen molar-refractivity contribution in [3.05, 3.63) is 41.0 Å². The molecule has 0 unspecified atom stereocenters. The van der Waals surface area contributed by atoms with Gasteiger partial charge in [0.2, 0.25) is 0 Å². The van der Waals surface area contributed by atoms with Crippen LogP contribution in [-0.2, 0) is 11.3 Å². The first kappa shape index (κ1) is 11.2. The van der Waals surface area contributed by atoms with Crippen molar-refractivity contribution in [3.8, 4) is 6.07 Å². The minimum atomic E-state index is -0.557. The van der Waals surface area contributed by atoms with Crippen LogP contribution in [-0.4, -0.2) is 5.78 Å². The molecule has 0 aliphatic rings. The van der Waals surface area contributed by atoms with Gasteiger partial charge >= 0.3 is 0 Å². The van der Waals surface area contributed by atoms with Gasteiger partial charge in [-0.15, -0.1) is 0 Å². The van der Waals surface area contributed by atoms with E-state index in [0.717, 1.165) is 16.7 Å². The summed E-state index contributed by atoms with van der Waals surface area (Å²) in [6, 6.07) is 7.32. The zero-order valence-corrected chi connectivity index (χ0v) is 8.53. The van der Waals surface area contributed by atoms with Crippen LogP contribution in [0.15, 0.2) is 24.3 Å². The lowest BCUT2D eigenvalue weighted by Gasteiger charge is -2.03. The zero-order valence-electron chi connectivity index (χ0n) is 8.53. The number of rotatable bonds is 3. The van der Waals surface area contributed by atoms with E-state index in [1.165, 1.54) is 12.1 Å². The average molecular weight is 200 g/mol. The second kappa shape index (κ2) is 5.08. The second-order valence-electron chi connectivity index (χ2n) is 3.22. The van der Waals surface area contributed by atoms with E-state index in [1.54, 1.807) is 6.08 Å². The van der Waals surface area contributed by atoms with Gasteiger partial charge in [0.1, 0.15) is 6.07 Å². The Morgan fingerprint density at radius 1 is 1.60 bits per heavy atom. The highest BCUT2D eigenvalue weighted by atomic mass is 16.1. The molecule has 0 saturated heterocycles. The number of hydrogen-bond donors (Lipinski definition) is 1. The molecule has 0 amide bonds. The van der Waals surface area contributed by atoms with Gasteiger partial charge in [0.15, 0.2) is 0 Å². The van der Waals surface area contributed by atoms with Gasteiger partial charge in [-0.1, -0.05) is 29.8 Å². The Morgan fingerprint density at radius 2 is 2.33 bits per heavy atom. The summed E-state index contributed by atoms with van der Waals surface area (Å²) in [6.45, 7) is 2.40. The van der Waals surface area contributed by atoms with E-state index in [2.05, 4.69) is 0 Å². The number of aryl methyl sites for hydroxylation is 1. The van der Waals surface area contributed by atoms with Gasteiger partial charge in [0.05, 0.1) is 0 Å². The smallest absolute Gasteiger partial charge is 0.255 e. The lowest BCUT2D eigenvalue weighted by Crippen LogP contribution is -1.99. The second-order valence-corrected chi connectivity index (χ2v) is 3.22. The Hall–Kier alpha value is -1.92. The Labute approximate surface area is 88.8 Å². The van der Waals surface area contributed by atoms with Crippen LogP contribution < -0.4 is 5.73 Å². The third-order valence-corrected chi connectivity index (χ3v) is 2.04. The summed E-state index contributed by atoms with van der Waals surface area (Å²) in [5, 5.41) is 8.31. The molecule has 0 saturated carbocycles. The van der Waals surface area contributed by atoms with Gasteiger partial charge < -0.3 is 5.73 Å². The number of benzene rings is 1. The standard InChI is InChI=1S/C12H12N2O/c1-9-2-3-10(11(6-9)7-13)4-5-12(15)8-14/h2-6H,7,13H2,1H3/b5-4+. The first-order chi connectivity index (χ1) is 7.17. The number of hydrogen-bond acceptors (Lipinski definition) is 3. The SMILES string of the molecule is Cc1ccc(/C=C/C(=O)C#N)c(CN)c1. The maximum absolute atomic E-state index is 10.8. The van der Waals surface area contributed by atoms with Crippen LogP contribution in [0.5, 0.6) is 0 Å². The van der Waals surface area contributed by atoms with Gasteiger partial charge in [-0.2, -0.15) is 5.26 Å². The van der Waals surface area contributed by atoms with Gasteiger partial charge in [-0.05, 0) is 24.1 Å². The molecule has 3 heteroatoms. The molecule has 3 nitrogen and oxygen atoms in total. The van der Waals surface area contributed by atoms with Crippen LogP contribution >= 0.6 is 0 Å². The molecule has 0 heterocycles. The zero-order chi connectivity index (χ0) is 11.3. The molecule has 1 rings (SSSR count). The summed E-state index contributed by atoms with van der Waals surface area (Å²) in [7, 11) is 0. The molecule has 0 fully saturated rings. The molecular weight excluding hydrogens is 188 g/mol. The summed E-state index contributed by atoms with van der Waals surface area (Å²) < 4.78 is 0. The molecule has 0 bridgehead atoms. The minimum absolute atomic E-state index is 0.419. The lowest BCUT2D eigenvalue weighted by molar-refractivity contribution is -0.109. The number of nitrogens with two attached hydrogens (primary N) is 1. The third kappa shape index (κ3) is 3.04. The fourth-order valence-corrected chi connectivity index (χ4v) is 1.28. The topological polar surface area (TPSA) is 66.9 Å². The molecular formula is C12H12N2O. The van der Waals surface area contributed by atoms with Crippen molar-refractivity contribution in [2.45, 2.75) is 13.5 Å². The van der Waals surface area contributed by atoms with Crippen molar-refractivity contribution in [3.63, 3.8) is 0 Å². The summed E-state index contributed by atoms with van der Waals surface area (Å²) in [6.07, 6.45) is 2.87. The summed E-state index contributed by atoms with van der Waals surface area (Å²) in [4.78, 5) is 10.8. The predicted octanol–water partition coefficient (Wildman–Crippen LogP) is 1.56. The third-order valence-electron chi connectivity index (χ3n) is 2.04. The van der Waals surface area contributed by atoms with E-state index in [4.69, 9.17) is 11.0 Å². The molecule has 2 N–H and O–H groups in total. The molecule has 76 valence electrons. The minimum Gasteiger partial charge on any atom is -0.326 e.